The van der Waals surface area contributed by atoms with Gasteiger partial charge in [-0.3, -0.25) is 4.90 Å². The molecule has 1 aromatic rings. The second-order valence-corrected chi connectivity index (χ2v) is 6.33. The molecule has 2 heterocycles. The number of hydrogen-bond acceptors (Lipinski definition) is 3. The molecular weight excluding hydrogens is 254 g/mol. The maximum atomic E-state index is 13.5. The fourth-order valence-corrected chi connectivity index (χ4v) is 3.91. The van der Waals surface area contributed by atoms with Gasteiger partial charge >= 0.3 is 0 Å². The van der Waals surface area contributed by atoms with Gasteiger partial charge in [0.25, 0.3) is 5.92 Å². The van der Waals surface area contributed by atoms with Crippen molar-refractivity contribution in [3.8, 4) is 0 Å². The average molecular weight is 272 g/mol. The molecule has 1 aliphatic heterocycles. The van der Waals surface area contributed by atoms with Gasteiger partial charge in [0.2, 0.25) is 0 Å². The summed E-state index contributed by atoms with van der Waals surface area (Å²) in [5.41, 5.74) is 3.10. The lowest BCUT2D eigenvalue weighted by atomic mass is 10.00. The van der Waals surface area contributed by atoms with Crippen molar-refractivity contribution >= 4 is 11.3 Å². The van der Waals surface area contributed by atoms with Crippen LogP contribution >= 0.6 is 11.3 Å². The van der Waals surface area contributed by atoms with Crippen LogP contribution in [0.4, 0.5) is 8.78 Å². The van der Waals surface area contributed by atoms with Gasteiger partial charge in [-0.15, -0.1) is 11.3 Å². The minimum atomic E-state index is -2.41. The zero-order valence-electron chi connectivity index (χ0n) is 10.4. The summed E-state index contributed by atoms with van der Waals surface area (Å²) >= 11 is 1.69. The molecule has 2 nitrogen and oxygen atoms in total. The van der Waals surface area contributed by atoms with Gasteiger partial charge in [0, 0.05) is 36.7 Å². The van der Waals surface area contributed by atoms with Crippen molar-refractivity contribution in [2.24, 2.45) is 5.92 Å². The molecule has 1 fully saturated rings. The number of rotatable bonds is 3. The number of fused-ring (bicyclic) bond motifs is 1. The van der Waals surface area contributed by atoms with Crippen molar-refractivity contribution < 1.29 is 8.78 Å². The summed E-state index contributed by atoms with van der Waals surface area (Å²) in [6.07, 6.45) is 3.10. The predicted octanol–water partition coefficient (Wildman–Crippen LogP) is 3.33. The van der Waals surface area contributed by atoms with Gasteiger partial charge < -0.3 is 0 Å². The molecule has 1 atom stereocenters. The first kappa shape index (κ1) is 12.5. The smallest absolute Gasteiger partial charge is 0.250 e. The van der Waals surface area contributed by atoms with E-state index >= 15 is 0 Å². The van der Waals surface area contributed by atoms with Crippen LogP contribution in [0, 0.1) is 5.92 Å². The highest BCUT2D eigenvalue weighted by Crippen LogP contribution is 2.42. The van der Waals surface area contributed by atoms with Crippen LogP contribution in [0.5, 0.6) is 0 Å². The summed E-state index contributed by atoms with van der Waals surface area (Å²) in [4.78, 5) is 7.94. The minimum absolute atomic E-state index is 0.0939. The Morgan fingerprint density at radius 1 is 1.50 bits per heavy atom. The lowest BCUT2D eigenvalue weighted by Gasteiger charge is -2.28. The van der Waals surface area contributed by atoms with Crippen LogP contribution in [0.1, 0.15) is 36.3 Å². The Morgan fingerprint density at radius 3 is 3.17 bits per heavy atom. The Balaban J connectivity index is 1.53. The number of hydrogen-bond donors (Lipinski definition) is 0. The maximum absolute atomic E-state index is 13.5. The van der Waals surface area contributed by atoms with Crippen molar-refractivity contribution in [3.05, 3.63) is 16.1 Å². The van der Waals surface area contributed by atoms with Gasteiger partial charge in [-0.25, -0.2) is 13.8 Å². The van der Waals surface area contributed by atoms with Crippen molar-refractivity contribution in [1.82, 2.24) is 9.88 Å². The van der Waals surface area contributed by atoms with Crippen LogP contribution in [-0.2, 0) is 13.0 Å². The zero-order valence-corrected chi connectivity index (χ0v) is 11.2. The van der Waals surface area contributed by atoms with Crippen LogP contribution in [0.2, 0.25) is 0 Å². The molecule has 0 amide bonds. The Morgan fingerprint density at radius 2 is 2.39 bits per heavy atom. The first-order valence-corrected chi connectivity index (χ1v) is 7.54. The van der Waals surface area contributed by atoms with Crippen molar-refractivity contribution in [2.75, 3.05) is 13.1 Å². The van der Waals surface area contributed by atoms with E-state index in [0.29, 0.717) is 19.3 Å². The van der Waals surface area contributed by atoms with E-state index in [1.54, 1.807) is 11.3 Å². The molecule has 0 bridgehead atoms. The van der Waals surface area contributed by atoms with E-state index in [0.717, 1.165) is 26.1 Å². The van der Waals surface area contributed by atoms with E-state index in [9.17, 15) is 8.78 Å². The third-order valence-electron chi connectivity index (χ3n) is 4.21. The number of halogens is 2. The molecule has 3 rings (SSSR count). The van der Waals surface area contributed by atoms with Crippen LogP contribution < -0.4 is 0 Å². The van der Waals surface area contributed by atoms with Crippen molar-refractivity contribution in [2.45, 2.75) is 44.6 Å². The molecule has 0 N–H and O–H groups in total. The Hall–Kier alpha value is -0.550. The number of alkyl halides is 2. The summed E-state index contributed by atoms with van der Waals surface area (Å²) in [5, 5.41) is 0. The maximum Gasteiger partial charge on any atom is 0.250 e. The van der Waals surface area contributed by atoms with Gasteiger partial charge in [0.1, 0.15) is 0 Å². The van der Waals surface area contributed by atoms with Gasteiger partial charge in [0.05, 0.1) is 11.2 Å². The van der Waals surface area contributed by atoms with Crippen LogP contribution in [-0.4, -0.2) is 28.9 Å². The monoisotopic (exact) mass is 272 g/mol. The van der Waals surface area contributed by atoms with Crippen LogP contribution in [0.15, 0.2) is 5.51 Å². The fraction of sp³-hybridized carbons (Fsp3) is 0.769. The number of aromatic nitrogens is 1. The van der Waals surface area contributed by atoms with E-state index in [-0.39, 0.29) is 12.3 Å². The zero-order chi connectivity index (χ0) is 12.6. The van der Waals surface area contributed by atoms with E-state index in [2.05, 4.69) is 9.88 Å². The Bertz CT molecular complexity index is 419. The summed E-state index contributed by atoms with van der Waals surface area (Å²) in [7, 11) is 0. The van der Waals surface area contributed by atoms with Crippen molar-refractivity contribution in [1.29, 1.82) is 0 Å². The van der Waals surface area contributed by atoms with E-state index in [1.807, 2.05) is 5.51 Å². The van der Waals surface area contributed by atoms with E-state index < -0.39 is 5.92 Å². The Kier molecular flexibility index (Phi) is 3.36. The number of nitrogens with zero attached hydrogens (tertiary/aromatic N) is 2. The molecule has 1 aliphatic carbocycles. The minimum Gasteiger partial charge on any atom is -0.298 e. The lowest BCUT2D eigenvalue weighted by molar-refractivity contribution is -0.0421. The second-order valence-electron chi connectivity index (χ2n) is 5.39. The van der Waals surface area contributed by atoms with E-state index in [4.69, 9.17) is 0 Å². The molecule has 0 spiro atoms. The van der Waals surface area contributed by atoms with Crippen molar-refractivity contribution in [3.63, 3.8) is 0 Å². The summed E-state index contributed by atoms with van der Waals surface area (Å²) in [5.74, 6) is -2.80. The lowest BCUT2D eigenvalue weighted by Crippen LogP contribution is -2.33. The quantitative estimate of drug-likeness (QED) is 0.839. The molecule has 0 saturated heterocycles. The van der Waals surface area contributed by atoms with Gasteiger partial charge in [-0.05, 0) is 25.8 Å². The number of thiazole rings is 1. The standard InChI is InChI=1S/C13H18F2N2S/c14-13(15)5-1-2-10(13)3-6-17-7-4-11-12(8-17)18-9-16-11/h9-10H,1-8H2. The van der Waals surface area contributed by atoms with Gasteiger partial charge in [0.15, 0.2) is 0 Å². The summed E-state index contributed by atoms with van der Waals surface area (Å²) in [6.45, 7) is 2.67. The normalized spacial score (nSPS) is 27.3. The molecule has 1 unspecified atom stereocenters. The second kappa shape index (κ2) is 4.85. The van der Waals surface area contributed by atoms with E-state index in [1.165, 1.54) is 10.6 Å². The summed E-state index contributed by atoms with van der Waals surface area (Å²) in [6, 6.07) is 0. The third-order valence-corrected chi connectivity index (χ3v) is 5.07. The van der Waals surface area contributed by atoms with Gasteiger partial charge in [-0.2, -0.15) is 0 Å². The molecule has 1 aromatic heterocycles. The van der Waals surface area contributed by atoms with Gasteiger partial charge in [-0.1, -0.05) is 0 Å². The predicted molar refractivity (Wildman–Crippen MR) is 68.0 cm³/mol. The fourth-order valence-electron chi connectivity index (χ4n) is 3.06. The Labute approximate surface area is 110 Å². The highest BCUT2D eigenvalue weighted by atomic mass is 32.1. The highest BCUT2D eigenvalue weighted by molar-refractivity contribution is 7.09. The van der Waals surface area contributed by atoms with Crippen LogP contribution in [0.3, 0.4) is 0 Å². The third kappa shape index (κ3) is 2.43. The molecule has 0 radical (unpaired) electrons. The largest absolute Gasteiger partial charge is 0.298 e. The highest BCUT2D eigenvalue weighted by Gasteiger charge is 2.43. The SMILES string of the molecule is FC1(F)CCCC1CCN1CCc2ncsc2C1. The van der Waals surface area contributed by atoms with Crippen LogP contribution in [0.25, 0.3) is 0 Å². The molecule has 1 saturated carbocycles. The summed E-state index contributed by atoms with van der Waals surface area (Å²) < 4.78 is 27.1. The molecule has 0 aromatic carbocycles. The average Bonchev–Trinajstić information content (AvgIpc) is 2.91. The topological polar surface area (TPSA) is 16.1 Å². The molecular formula is C13H18F2N2S. The molecule has 2 aliphatic rings. The molecule has 18 heavy (non-hydrogen) atoms. The first-order valence-electron chi connectivity index (χ1n) is 6.66. The molecule has 5 heteroatoms. The molecule has 100 valence electrons. The first-order chi connectivity index (χ1) is 8.65.